The molecule has 2 aliphatic rings. The van der Waals surface area contributed by atoms with Gasteiger partial charge in [-0.1, -0.05) is 32.4 Å². The molecule has 0 bridgehead atoms. The molecule has 2 atom stereocenters. The number of benzene rings is 3. The minimum Gasteiger partial charge on any atom is -0.497 e. The van der Waals surface area contributed by atoms with E-state index >= 15 is 8.78 Å². The number of methoxy groups -OCH3 is 2. The Kier molecular flexibility index (Phi) is 8.16. The Balaban J connectivity index is 1.46. The van der Waals surface area contributed by atoms with Crippen LogP contribution in [0.2, 0.25) is 0 Å². The van der Waals surface area contributed by atoms with Crippen molar-refractivity contribution in [3.8, 4) is 22.6 Å². The van der Waals surface area contributed by atoms with Gasteiger partial charge in [-0.25, -0.2) is 8.78 Å². The Labute approximate surface area is 235 Å². The Morgan fingerprint density at radius 3 is 2.42 bits per heavy atom. The number of carbonyl (C=O) groups excluding carboxylic acids is 1. The van der Waals surface area contributed by atoms with Gasteiger partial charge in [0.15, 0.2) is 0 Å². The Morgan fingerprint density at radius 1 is 0.950 bits per heavy atom. The number of hydrogen-bond donors (Lipinski definition) is 0. The number of ether oxygens (including phenoxy) is 3. The van der Waals surface area contributed by atoms with Gasteiger partial charge in [-0.15, -0.1) is 0 Å². The summed E-state index contributed by atoms with van der Waals surface area (Å²) in [7, 11) is 2.95. The first-order valence-corrected chi connectivity index (χ1v) is 14.2. The lowest BCUT2D eigenvalue weighted by Crippen LogP contribution is -2.17. The van der Waals surface area contributed by atoms with Crippen molar-refractivity contribution in [2.75, 3.05) is 14.2 Å². The van der Waals surface area contributed by atoms with Crippen LogP contribution in [0.4, 0.5) is 8.78 Å². The summed E-state index contributed by atoms with van der Waals surface area (Å²) in [5, 5.41) is 0. The van der Waals surface area contributed by atoms with Gasteiger partial charge in [-0.05, 0) is 108 Å². The molecule has 0 radical (unpaired) electrons. The molecule has 40 heavy (non-hydrogen) atoms. The van der Waals surface area contributed by atoms with Crippen molar-refractivity contribution in [2.45, 2.75) is 70.8 Å². The van der Waals surface area contributed by atoms with Crippen molar-refractivity contribution < 1.29 is 27.8 Å². The van der Waals surface area contributed by atoms with Gasteiger partial charge in [-0.2, -0.15) is 0 Å². The summed E-state index contributed by atoms with van der Waals surface area (Å²) in [6, 6.07) is 15.6. The third kappa shape index (κ3) is 6.01. The fraction of sp³-hybridized carbons (Fsp3) is 0.441. The fourth-order valence-corrected chi connectivity index (χ4v) is 6.32. The summed E-state index contributed by atoms with van der Waals surface area (Å²) < 4.78 is 47.1. The largest absolute Gasteiger partial charge is 0.497 e. The molecule has 0 amide bonds. The first-order chi connectivity index (χ1) is 19.2. The first kappa shape index (κ1) is 28.1. The fourth-order valence-electron chi connectivity index (χ4n) is 6.32. The number of esters is 1. The van der Waals surface area contributed by atoms with Gasteiger partial charge >= 0.3 is 5.97 Å². The van der Waals surface area contributed by atoms with Gasteiger partial charge in [0.25, 0.3) is 0 Å². The minimum atomic E-state index is -0.436. The van der Waals surface area contributed by atoms with Crippen LogP contribution in [0.25, 0.3) is 11.1 Å². The molecule has 212 valence electrons. The molecule has 2 fully saturated rings. The highest BCUT2D eigenvalue weighted by molar-refractivity contribution is 5.71. The molecule has 6 heteroatoms. The van der Waals surface area contributed by atoms with Gasteiger partial charge in [0.1, 0.15) is 29.7 Å². The van der Waals surface area contributed by atoms with Crippen molar-refractivity contribution in [2.24, 2.45) is 11.3 Å². The third-order valence-electron chi connectivity index (χ3n) is 8.80. The van der Waals surface area contributed by atoms with Gasteiger partial charge in [0.2, 0.25) is 0 Å². The maximum atomic E-state index is 15.6. The van der Waals surface area contributed by atoms with Gasteiger partial charge in [0, 0.05) is 11.1 Å². The molecule has 0 aliphatic heterocycles. The normalized spacial score (nSPS) is 18.8. The molecule has 3 aromatic carbocycles. The van der Waals surface area contributed by atoms with Crippen molar-refractivity contribution in [1.82, 2.24) is 0 Å². The van der Waals surface area contributed by atoms with E-state index in [1.54, 1.807) is 12.1 Å². The summed E-state index contributed by atoms with van der Waals surface area (Å²) in [6.45, 7) is 4.50. The van der Waals surface area contributed by atoms with Crippen LogP contribution in [0.3, 0.4) is 0 Å². The second-order valence-electron chi connectivity index (χ2n) is 11.9. The van der Waals surface area contributed by atoms with Crippen molar-refractivity contribution in [3.05, 3.63) is 82.9 Å². The van der Waals surface area contributed by atoms with Crippen LogP contribution in [0.1, 0.15) is 80.9 Å². The molecular formula is C34H38F2O4. The second kappa shape index (κ2) is 11.6. The maximum absolute atomic E-state index is 15.6. The number of hydrogen-bond acceptors (Lipinski definition) is 4. The lowest BCUT2D eigenvalue weighted by Gasteiger charge is -2.30. The van der Waals surface area contributed by atoms with Gasteiger partial charge in [0.05, 0.1) is 20.6 Å². The molecule has 0 saturated heterocycles. The summed E-state index contributed by atoms with van der Waals surface area (Å²) in [6.07, 6.45) is 5.62. The zero-order valence-electron chi connectivity index (χ0n) is 23.8. The Bertz CT molecular complexity index is 1380. The predicted molar refractivity (Wildman–Crippen MR) is 152 cm³/mol. The van der Waals surface area contributed by atoms with E-state index in [4.69, 9.17) is 14.2 Å². The van der Waals surface area contributed by atoms with Crippen molar-refractivity contribution in [3.63, 3.8) is 0 Å². The van der Waals surface area contributed by atoms with Crippen LogP contribution < -0.4 is 9.47 Å². The molecule has 5 rings (SSSR count). The molecule has 0 aromatic heterocycles. The highest BCUT2D eigenvalue weighted by Crippen LogP contribution is 2.52. The zero-order chi connectivity index (χ0) is 28.4. The smallest absolute Gasteiger partial charge is 0.306 e. The molecule has 0 heterocycles. The average molecular weight is 549 g/mol. The van der Waals surface area contributed by atoms with Crippen LogP contribution in [0.5, 0.6) is 11.5 Å². The molecule has 0 spiro atoms. The number of halogens is 2. The lowest BCUT2D eigenvalue weighted by molar-refractivity contribution is -0.141. The molecule has 0 N–H and O–H groups in total. The Morgan fingerprint density at radius 2 is 1.75 bits per heavy atom. The lowest BCUT2D eigenvalue weighted by atomic mass is 9.75. The topological polar surface area (TPSA) is 44.8 Å². The summed E-state index contributed by atoms with van der Waals surface area (Å²) in [5.74, 6) is 0.795. The van der Waals surface area contributed by atoms with Crippen LogP contribution in [-0.4, -0.2) is 20.2 Å². The molecule has 2 aliphatic carbocycles. The second-order valence-corrected chi connectivity index (χ2v) is 11.9. The van der Waals surface area contributed by atoms with E-state index in [0.29, 0.717) is 40.5 Å². The van der Waals surface area contributed by atoms with E-state index in [2.05, 4.69) is 13.8 Å². The van der Waals surface area contributed by atoms with Crippen LogP contribution in [0, 0.1) is 23.0 Å². The molecule has 3 aromatic rings. The van der Waals surface area contributed by atoms with E-state index < -0.39 is 11.6 Å². The number of carbonyl (C=O) groups is 1. The van der Waals surface area contributed by atoms with Gasteiger partial charge < -0.3 is 14.2 Å². The molecular weight excluding hydrogens is 510 g/mol. The van der Waals surface area contributed by atoms with E-state index in [9.17, 15) is 4.79 Å². The molecule has 0 unspecified atom stereocenters. The first-order valence-electron chi connectivity index (χ1n) is 14.2. The highest BCUT2D eigenvalue weighted by atomic mass is 19.1. The van der Waals surface area contributed by atoms with Crippen LogP contribution >= 0.6 is 0 Å². The van der Waals surface area contributed by atoms with E-state index in [1.807, 2.05) is 30.3 Å². The van der Waals surface area contributed by atoms with E-state index in [1.165, 1.54) is 26.4 Å². The number of rotatable bonds is 10. The van der Waals surface area contributed by atoms with Crippen molar-refractivity contribution >= 4 is 5.97 Å². The standard InChI is InChI=1S/C34H38F2O4/c1-34(2)14-6-9-30(34)28-16-23(32(36)18-27(28)29-17-24(38-3)12-13-31(29)35)20-40-25-8-5-7-22(15-25)26(21-10-11-21)19-33(37)39-4/h5,7-8,12-13,15-18,21,26,30H,6,9-11,14,19-20H2,1-4H3/t26-,30-/m0/s1. The van der Waals surface area contributed by atoms with Crippen molar-refractivity contribution in [1.29, 1.82) is 0 Å². The average Bonchev–Trinajstić information content (AvgIpc) is 3.73. The molecule has 4 nitrogen and oxygen atoms in total. The third-order valence-corrected chi connectivity index (χ3v) is 8.80. The predicted octanol–water partition coefficient (Wildman–Crippen LogP) is 8.57. The zero-order valence-corrected chi connectivity index (χ0v) is 23.8. The summed E-state index contributed by atoms with van der Waals surface area (Å²) >= 11 is 0. The minimum absolute atomic E-state index is 0.00580. The molecule has 2 saturated carbocycles. The maximum Gasteiger partial charge on any atom is 0.306 e. The quantitative estimate of drug-likeness (QED) is 0.238. The van der Waals surface area contributed by atoms with Gasteiger partial charge in [-0.3, -0.25) is 4.79 Å². The summed E-state index contributed by atoms with van der Waals surface area (Å²) in [4.78, 5) is 12.0. The SMILES string of the molecule is COC(=O)C[C@H](c1cccc(OCc2cc([C@@H]3CCCC3(C)C)c(-c3cc(OC)ccc3F)cc2F)c1)C1CC1. The van der Waals surface area contributed by atoms with Crippen LogP contribution in [0.15, 0.2) is 54.6 Å². The summed E-state index contributed by atoms with van der Waals surface area (Å²) in [5.41, 5.74) is 3.32. The highest BCUT2D eigenvalue weighted by Gasteiger charge is 2.38. The Hall–Kier alpha value is -3.41. The monoisotopic (exact) mass is 548 g/mol. The van der Waals surface area contributed by atoms with E-state index in [0.717, 1.165) is 43.2 Å². The van der Waals surface area contributed by atoms with Crippen LogP contribution in [-0.2, 0) is 16.1 Å². The van der Waals surface area contributed by atoms with E-state index in [-0.39, 0.29) is 29.8 Å².